The standard InChI is InChI=1S/C12H18ClN5O2/c1-2-20-9(19)5-6-14-11-15-10(13)16-12(17-11)18-7-3-4-8-18/h2-8H2,1H3,(H,14,15,16,17). The number of carbonyl (C=O) groups is 1. The zero-order chi connectivity index (χ0) is 14.4. The average Bonchev–Trinajstić information content (AvgIpc) is 2.92. The van der Waals surface area contributed by atoms with Crippen molar-refractivity contribution in [2.75, 3.05) is 36.5 Å². The van der Waals surface area contributed by atoms with Crippen LogP contribution < -0.4 is 10.2 Å². The molecule has 20 heavy (non-hydrogen) atoms. The van der Waals surface area contributed by atoms with Crippen molar-refractivity contribution in [1.29, 1.82) is 0 Å². The molecule has 0 aromatic carbocycles. The predicted octanol–water partition coefficient (Wildman–Crippen LogP) is 1.49. The molecule has 7 nitrogen and oxygen atoms in total. The number of halogens is 1. The van der Waals surface area contributed by atoms with Crippen molar-refractivity contribution in [3.63, 3.8) is 0 Å². The minimum absolute atomic E-state index is 0.153. The van der Waals surface area contributed by atoms with Gasteiger partial charge in [0.05, 0.1) is 13.0 Å². The Labute approximate surface area is 122 Å². The van der Waals surface area contributed by atoms with Gasteiger partial charge >= 0.3 is 5.97 Å². The second-order valence-corrected chi connectivity index (χ2v) is 4.74. The number of nitrogens with zero attached hydrogens (tertiary/aromatic N) is 4. The minimum atomic E-state index is -0.250. The van der Waals surface area contributed by atoms with E-state index in [0.29, 0.717) is 25.0 Å². The summed E-state index contributed by atoms with van der Waals surface area (Å²) in [6.07, 6.45) is 2.53. The first-order chi connectivity index (χ1) is 9.69. The molecule has 1 N–H and O–H groups in total. The van der Waals surface area contributed by atoms with E-state index in [1.165, 1.54) is 0 Å². The number of nitrogens with one attached hydrogen (secondary N) is 1. The Morgan fingerprint density at radius 1 is 1.35 bits per heavy atom. The Morgan fingerprint density at radius 2 is 2.10 bits per heavy atom. The molecule has 1 fully saturated rings. The number of ether oxygens (including phenoxy) is 1. The molecule has 0 bridgehead atoms. The molecule has 110 valence electrons. The Balaban J connectivity index is 1.92. The summed E-state index contributed by atoms with van der Waals surface area (Å²) in [6, 6.07) is 0. The normalized spacial score (nSPS) is 14.4. The summed E-state index contributed by atoms with van der Waals surface area (Å²) in [6.45, 7) is 4.43. The molecule has 1 saturated heterocycles. The van der Waals surface area contributed by atoms with Gasteiger partial charge in [0.15, 0.2) is 0 Å². The lowest BCUT2D eigenvalue weighted by molar-refractivity contribution is -0.142. The van der Waals surface area contributed by atoms with Gasteiger partial charge in [-0.25, -0.2) is 0 Å². The van der Waals surface area contributed by atoms with Crippen LogP contribution in [0.4, 0.5) is 11.9 Å². The average molecular weight is 300 g/mol. The fraction of sp³-hybridized carbons (Fsp3) is 0.667. The number of aromatic nitrogens is 3. The highest BCUT2D eigenvalue weighted by Gasteiger charge is 2.16. The first-order valence-electron chi connectivity index (χ1n) is 6.75. The number of anilines is 2. The largest absolute Gasteiger partial charge is 0.466 e. The fourth-order valence-electron chi connectivity index (χ4n) is 1.99. The first-order valence-corrected chi connectivity index (χ1v) is 7.13. The second-order valence-electron chi connectivity index (χ2n) is 4.40. The molecular weight excluding hydrogens is 282 g/mol. The maximum atomic E-state index is 11.2. The summed E-state index contributed by atoms with van der Waals surface area (Å²) in [4.78, 5) is 25.7. The molecule has 0 amide bonds. The van der Waals surface area contributed by atoms with E-state index < -0.39 is 0 Å². The van der Waals surface area contributed by atoms with Gasteiger partial charge in [-0.3, -0.25) is 4.79 Å². The minimum Gasteiger partial charge on any atom is -0.466 e. The van der Waals surface area contributed by atoms with Gasteiger partial charge in [-0.1, -0.05) is 0 Å². The van der Waals surface area contributed by atoms with E-state index in [1.807, 2.05) is 0 Å². The molecule has 1 aliphatic rings. The Kier molecular flexibility index (Phi) is 5.34. The smallest absolute Gasteiger partial charge is 0.307 e. The van der Waals surface area contributed by atoms with Gasteiger partial charge in [-0.15, -0.1) is 0 Å². The van der Waals surface area contributed by atoms with Crippen LogP contribution in [0.25, 0.3) is 0 Å². The van der Waals surface area contributed by atoms with Crippen molar-refractivity contribution < 1.29 is 9.53 Å². The van der Waals surface area contributed by atoms with Crippen LogP contribution in [0, 0.1) is 0 Å². The van der Waals surface area contributed by atoms with E-state index >= 15 is 0 Å². The Bertz CT molecular complexity index is 465. The van der Waals surface area contributed by atoms with Crippen molar-refractivity contribution in [2.45, 2.75) is 26.2 Å². The van der Waals surface area contributed by atoms with E-state index in [9.17, 15) is 4.79 Å². The van der Waals surface area contributed by atoms with Crippen molar-refractivity contribution in [3.05, 3.63) is 5.28 Å². The summed E-state index contributed by atoms with van der Waals surface area (Å²) >= 11 is 5.90. The number of carbonyl (C=O) groups excluding carboxylic acids is 1. The van der Waals surface area contributed by atoms with Crippen LogP contribution in [0.5, 0.6) is 0 Å². The predicted molar refractivity (Wildman–Crippen MR) is 76.0 cm³/mol. The Hall–Kier alpha value is -1.63. The molecule has 2 heterocycles. The molecule has 1 aliphatic heterocycles. The molecule has 0 spiro atoms. The van der Waals surface area contributed by atoms with E-state index in [-0.39, 0.29) is 17.7 Å². The van der Waals surface area contributed by atoms with Crippen LogP contribution in [0.2, 0.25) is 5.28 Å². The lowest BCUT2D eigenvalue weighted by Crippen LogP contribution is -2.22. The first kappa shape index (κ1) is 14.8. The van der Waals surface area contributed by atoms with Gasteiger partial charge in [-0.2, -0.15) is 15.0 Å². The third-order valence-corrected chi connectivity index (χ3v) is 3.07. The van der Waals surface area contributed by atoms with Crippen molar-refractivity contribution in [3.8, 4) is 0 Å². The Morgan fingerprint density at radius 3 is 2.80 bits per heavy atom. The number of hydrogen-bond donors (Lipinski definition) is 1. The molecule has 1 aromatic rings. The van der Waals surface area contributed by atoms with Gasteiger partial charge in [0.1, 0.15) is 0 Å². The lowest BCUT2D eigenvalue weighted by atomic mass is 10.4. The highest BCUT2D eigenvalue weighted by atomic mass is 35.5. The number of hydrogen-bond acceptors (Lipinski definition) is 7. The van der Waals surface area contributed by atoms with Crippen LogP contribution >= 0.6 is 11.6 Å². The number of esters is 1. The van der Waals surface area contributed by atoms with E-state index in [2.05, 4.69) is 25.2 Å². The molecule has 0 aliphatic carbocycles. The summed E-state index contributed by atoms with van der Waals surface area (Å²) < 4.78 is 4.84. The van der Waals surface area contributed by atoms with Crippen LogP contribution in [0.1, 0.15) is 26.2 Å². The molecule has 1 aromatic heterocycles. The quantitative estimate of drug-likeness (QED) is 0.797. The summed E-state index contributed by atoms with van der Waals surface area (Å²) in [5, 5.41) is 3.12. The molecule has 0 saturated carbocycles. The zero-order valence-electron chi connectivity index (χ0n) is 11.4. The number of rotatable bonds is 6. The summed E-state index contributed by atoms with van der Waals surface area (Å²) in [7, 11) is 0. The van der Waals surface area contributed by atoms with Gasteiger partial charge in [0, 0.05) is 19.6 Å². The van der Waals surface area contributed by atoms with Crippen molar-refractivity contribution in [2.24, 2.45) is 0 Å². The summed E-state index contributed by atoms with van der Waals surface area (Å²) in [5.74, 6) is 0.720. The molecule has 0 unspecified atom stereocenters. The van der Waals surface area contributed by atoms with Crippen LogP contribution in [-0.2, 0) is 9.53 Å². The lowest BCUT2D eigenvalue weighted by Gasteiger charge is -2.15. The van der Waals surface area contributed by atoms with E-state index in [4.69, 9.17) is 16.3 Å². The molecular formula is C12H18ClN5O2. The van der Waals surface area contributed by atoms with Crippen LogP contribution in [0.15, 0.2) is 0 Å². The summed E-state index contributed by atoms with van der Waals surface area (Å²) in [5.41, 5.74) is 0. The highest BCUT2D eigenvalue weighted by Crippen LogP contribution is 2.18. The fourth-order valence-corrected chi connectivity index (χ4v) is 2.14. The van der Waals surface area contributed by atoms with Crippen molar-refractivity contribution >= 4 is 29.5 Å². The maximum Gasteiger partial charge on any atom is 0.307 e. The second kappa shape index (κ2) is 7.23. The van der Waals surface area contributed by atoms with Gasteiger partial charge < -0.3 is 15.0 Å². The van der Waals surface area contributed by atoms with Crippen LogP contribution in [0.3, 0.4) is 0 Å². The molecule has 8 heteroatoms. The SMILES string of the molecule is CCOC(=O)CCNc1nc(Cl)nc(N2CCCC2)n1. The van der Waals surface area contributed by atoms with Crippen molar-refractivity contribution in [1.82, 2.24) is 15.0 Å². The molecule has 0 atom stereocenters. The van der Waals surface area contributed by atoms with E-state index in [1.54, 1.807) is 6.92 Å². The van der Waals surface area contributed by atoms with Gasteiger partial charge in [0.25, 0.3) is 0 Å². The van der Waals surface area contributed by atoms with Gasteiger partial charge in [-0.05, 0) is 31.4 Å². The third-order valence-electron chi connectivity index (χ3n) is 2.90. The maximum absolute atomic E-state index is 11.2. The molecule has 0 radical (unpaired) electrons. The monoisotopic (exact) mass is 299 g/mol. The highest BCUT2D eigenvalue weighted by molar-refractivity contribution is 6.28. The van der Waals surface area contributed by atoms with Gasteiger partial charge in [0.2, 0.25) is 17.2 Å². The zero-order valence-corrected chi connectivity index (χ0v) is 12.2. The molecule has 2 rings (SSSR count). The third kappa shape index (κ3) is 4.19. The van der Waals surface area contributed by atoms with Crippen LogP contribution in [-0.4, -0.2) is 47.2 Å². The van der Waals surface area contributed by atoms with E-state index in [0.717, 1.165) is 25.9 Å². The topological polar surface area (TPSA) is 80.2 Å².